The maximum absolute atomic E-state index is 13.8. The Morgan fingerprint density at radius 2 is 1.67 bits per heavy atom. The number of nitrogens with zero attached hydrogens (tertiary/aromatic N) is 3. The zero-order valence-electron chi connectivity index (χ0n) is 21.9. The predicted octanol–water partition coefficient (Wildman–Crippen LogP) is 3.90. The molecule has 0 bridgehead atoms. The van der Waals surface area contributed by atoms with Crippen molar-refractivity contribution in [3.63, 3.8) is 0 Å². The first-order valence-corrected chi connectivity index (χ1v) is 13.8. The van der Waals surface area contributed by atoms with Gasteiger partial charge in [-0.3, -0.25) is 9.59 Å². The molecule has 2 aromatic carbocycles. The van der Waals surface area contributed by atoms with Crippen LogP contribution in [0, 0.1) is 13.8 Å². The lowest BCUT2D eigenvalue weighted by molar-refractivity contribution is -0.140. The Hall–Kier alpha value is -2.62. The third kappa shape index (κ3) is 7.44. The second-order valence-corrected chi connectivity index (χ2v) is 11.5. The second-order valence-electron chi connectivity index (χ2n) is 8.95. The van der Waals surface area contributed by atoms with Crippen LogP contribution in [0.5, 0.6) is 0 Å². The lowest BCUT2D eigenvalue weighted by atomic mass is 10.1. The van der Waals surface area contributed by atoms with Gasteiger partial charge in [0.2, 0.25) is 11.8 Å². The first kappa shape index (κ1) is 29.6. The van der Waals surface area contributed by atoms with Gasteiger partial charge in [0.25, 0.3) is 0 Å². The average Bonchev–Trinajstić information content (AvgIpc) is 2.83. The van der Waals surface area contributed by atoms with Crippen molar-refractivity contribution in [3.05, 3.63) is 64.2 Å². The summed E-state index contributed by atoms with van der Waals surface area (Å²) in [5, 5.41) is 3.43. The van der Waals surface area contributed by atoms with E-state index in [0.29, 0.717) is 23.7 Å². The monoisotopic (exact) mass is 536 g/mol. The Morgan fingerprint density at radius 1 is 1.03 bits per heavy atom. The van der Waals surface area contributed by atoms with Crippen molar-refractivity contribution in [2.75, 3.05) is 31.5 Å². The first-order chi connectivity index (χ1) is 16.9. The van der Waals surface area contributed by atoms with Gasteiger partial charge >= 0.3 is 10.2 Å². The lowest BCUT2D eigenvalue weighted by Crippen LogP contribution is -2.53. The molecule has 0 heterocycles. The van der Waals surface area contributed by atoms with Crippen LogP contribution >= 0.6 is 11.6 Å². The number of carbonyl (C=O) groups is 2. The van der Waals surface area contributed by atoms with Crippen LogP contribution in [-0.4, -0.2) is 62.7 Å². The van der Waals surface area contributed by atoms with Gasteiger partial charge in [0.05, 0.1) is 5.69 Å². The smallest absolute Gasteiger partial charge is 0.304 e. The number of amides is 2. The molecule has 1 N–H and O–H groups in total. The van der Waals surface area contributed by atoms with Crippen LogP contribution in [0.4, 0.5) is 5.69 Å². The van der Waals surface area contributed by atoms with E-state index < -0.39 is 28.7 Å². The van der Waals surface area contributed by atoms with Gasteiger partial charge in [0, 0.05) is 32.2 Å². The Morgan fingerprint density at radius 3 is 2.22 bits per heavy atom. The molecular weight excluding hydrogens is 500 g/mol. The zero-order chi connectivity index (χ0) is 27.0. The molecule has 0 spiro atoms. The molecule has 10 heteroatoms. The first-order valence-electron chi connectivity index (χ1n) is 12.0. The number of hydrogen-bond acceptors (Lipinski definition) is 4. The van der Waals surface area contributed by atoms with Crippen LogP contribution in [0.3, 0.4) is 0 Å². The fraction of sp³-hybridized carbons (Fsp3) is 0.462. The normalized spacial score (nSPS) is 12.3. The van der Waals surface area contributed by atoms with Crippen molar-refractivity contribution >= 4 is 39.3 Å². The molecule has 0 aromatic heterocycles. The quantitative estimate of drug-likeness (QED) is 0.445. The maximum atomic E-state index is 13.8. The van der Waals surface area contributed by atoms with Gasteiger partial charge in [0.1, 0.15) is 12.6 Å². The Kier molecular flexibility index (Phi) is 10.8. The molecule has 0 unspecified atom stereocenters. The SMILES string of the molecule is CCCNC(=O)[C@H](CC)N(Cc1ccc(Cl)cc1)C(=O)CN(c1cc(C)ccc1C)S(=O)(=O)N(C)C. The summed E-state index contributed by atoms with van der Waals surface area (Å²) in [6, 6.07) is 11.7. The number of halogens is 1. The van der Waals surface area contributed by atoms with E-state index in [0.717, 1.165) is 31.7 Å². The molecule has 0 aliphatic heterocycles. The van der Waals surface area contributed by atoms with Gasteiger partial charge in [-0.15, -0.1) is 0 Å². The highest BCUT2D eigenvalue weighted by atomic mass is 35.5. The van der Waals surface area contributed by atoms with Crippen LogP contribution < -0.4 is 9.62 Å². The summed E-state index contributed by atoms with van der Waals surface area (Å²) in [7, 11) is -1.15. The van der Waals surface area contributed by atoms with E-state index in [1.807, 2.05) is 32.9 Å². The minimum absolute atomic E-state index is 0.136. The van der Waals surface area contributed by atoms with Crippen LogP contribution in [0.25, 0.3) is 0 Å². The van der Waals surface area contributed by atoms with Crippen molar-refractivity contribution in [3.8, 4) is 0 Å². The number of aryl methyl sites for hydroxylation is 2. The molecule has 8 nitrogen and oxygen atoms in total. The molecule has 0 aliphatic carbocycles. The third-order valence-corrected chi connectivity index (χ3v) is 7.91. The Labute approximate surface area is 220 Å². The zero-order valence-corrected chi connectivity index (χ0v) is 23.5. The van der Waals surface area contributed by atoms with Gasteiger partial charge in [0.15, 0.2) is 0 Å². The number of benzene rings is 2. The van der Waals surface area contributed by atoms with Crippen molar-refractivity contribution in [1.29, 1.82) is 0 Å². The molecule has 0 fully saturated rings. The van der Waals surface area contributed by atoms with Crippen molar-refractivity contribution in [2.24, 2.45) is 0 Å². The van der Waals surface area contributed by atoms with Crippen LogP contribution in [0.2, 0.25) is 5.02 Å². The Bertz CT molecular complexity index is 1150. The molecule has 0 aliphatic rings. The van der Waals surface area contributed by atoms with E-state index >= 15 is 0 Å². The van der Waals surface area contributed by atoms with E-state index in [9.17, 15) is 18.0 Å². The van der Waals surface area contributed by atoms with Gasteiger partial charge in [-0.05, 0) is 61.6 Å². The third-order valence-electron chi connectivity index (χ3n) is 5.85. The summed E-state index contributed by atoms with van der Waals surface area (Å²) in [5.41, 5.74) is 2.79. The number of nitrogens with one attached hydrogen (secondary N) is 1. The maximum Gasteiger partial charge on any atom is 0.304 e. The summed E-state index contributed by atoms with van der Waals surface area (Å²) in [5.74, 6) is -0.745. The van der Waals surface area contributed by atoms with Crippen molar-refractivity contribution in [1.82, 2.24) is 14.5 Å². The summed E-state index contributed by atoms with van der Waals surface area (Å²) in [6.45, 7) is 7.62. The highest BCUT2D eigenvalue weighted by Crippen LogP contribution is 2.26. The fourth-order valence-corrected chi connectivity index (χ4v) is 5.00. The largest absolute Gasteiger partial charge is 0.354 e. The molecule has 2 aromatic rings. The summed E-state index contributed by atoms with van der Waals surface area (Å²) in [4.78, 5) is 28.3. The molecule has 0 radical (unpaired) electrons. The number of anilines is 1. The lowest BCUT2D eigenvalue weighted by Gasteiger charge is -2.34. The molecule has 0 saturated heterocycles. The second kappa shape index (κ2) is 13.1. The van der Waals surface area contributed by atoms with Gasteiger partial charge in [-0.25, -0.2) is 4.31 Å². The molecule has 0 saturated carbocycles. The van der Waals surface area contributed by atoms with Crippen LogP contribution in [0.15, 0.2) is 42.5 Å². The van der Waals surface area contributed by atoms with E-state index in [1.165, 1.54) is 19.0 Å². The fourth-order valence-electron chi connectivity index (χ4n) is 3.76. The predicted molar refractivity (Wildman–Crippen MR) is 145 cm³/mol. The highest BCUT2D eigenvalue weighted by Gasteiger charge is 2.34. The standard InChI is InChI=1S/C26H37ClN4O4S/c1-7-15-28-26(33)23(8-2)30(17-21-11-13-22(27)14-12-21)25(32)18-31(36(34,35)29(5)6)24-16-19(3)9-10-20(24)4/h9-14,16,23H,7-8,15,17-18H2,1-6H3,(H,28,33)/t23-/m0/s1. The van der Waals surface area contributed by atoms with E-state index in [2.05, 4.69) is 5.32 Å². The number of carbonyl (C=O) groups excluding carboxylic acids is 2. The summed E-state index contributed by atoms with van der Waals surface area (Å²) < 4.78 is 28.9. The average molecular weight is 537 g/mol. The van der Waals surface area contributed by atoms with Crippen molar-refractivity contribution < 1.29 is 18.0 Å². The van der Waals surface area contributed by atoms with E-state index in [4.69, 9.17) is 11.6 Å². The van der Waals surface area contributed by atoms with Gasteiger partial charge < -0.3 is 10.2 Å². The highest BCUT2D eigenvalue weighted by molar-refractivity contribution is 7.90. The van der Waals surface area contributed by atoms with Crippen LogP contribution in [0.1, 0.15) is 43.4 Å². The summed E-state index contributed by atoms with van der Waals surface area (Å²) in [6.07, 6.45) is 1.13. The van der Waals surface area contributed by atoms with Crippen LogP contribution in [-0.2, 0) is 26.3 Å². The molecule has 2 rings (SSSR count). The molecule has 1 atom stereocenters. The van der Waals surface area contributed by atoms with E-state index in [-0.39, 0.29) is 12.5 Å². The Balaban J connectivity index is 2.53. The molecule has 2 amide bonds. The number of rotatable bonds is 12. The molecule has 36 heavy (non-hydrogen) atoms. The minimum atomic E-state index is -4.00. The topological polar surface area (TPSA) is 90.0 Å². The van der Waals surface area contributed by atoms with E-state index in [1.54, 1.807) is 37.3 Å². The van der Waals surface area contributed by atoms with Gasteiger partial charge in [-0.1, -0.05) is 49.7 Å². The molecular formula is C26H37ClN4O4S. The minimum Gasteiger partial charge on any atom is -0.354 e. The van der Waals surface area contributed by atoms with Crippen molar-refractivity contribution in [2.45, 2.75) is 53.1 Å². The molecule has 198 valence electrons. The van der Waals surface area contributed by atoms with Gasteiger partial charge in [-0.2, -0.15) is 12.7 Å². The number of hydrogen-bond donors (Lipinski definition) is 1. The summed E-state index contributed by atoms with van der Waals surface area (Å²) >= 11 is 6.03.